The number of nitrogens with one attached hydrogen (secondary N) is 1. The highest BCUT2D eigenvalue weighted by Gasteiger charge is 1.96. The lowest BCUT2D eigenvalue weighted by Crippen LogP contribution is -2.25. The third-order valence-electron chi connectivity index (χ3n) is 1.37. The molecular weight excluding hydrogens is 166 g/mol. The molecule has 0 rings (SSSR count). The van der Waals surface area contributed by atoms with Crippen molar-refractivity contribution in [1.29, 1.82) is 0 Å². The van der Waals surface area contributed by atoms with Crippen LogP contribution in [-0.2, 0) is 9.53 Å². The van der Waals surface area contributed by atoms with Crippen LogP contribution in [0.1, 0.15) is 13.8 Å². The van der Waals surface area contributed by atoms with Crippen molar-refractivity contribution in [2.75, 3.05) is 13.7 Å². The highest BCUT2D eigenvalue weighted by molar-refractivity contribution is 5.87. The van der Waals surface area contributed by atoms with Crippen molar-refractivity contribution in [3.63, 3.8) is 0 Å². The first-order chi connectivity index (χ1) is 6.06. The molecule has 3 nitrogen and oxygen atoms in total. The highest BCUT2D eigenvalue weighted by Crippen LogP contribution is 1.92. The van der Waals surface area contributed by atoms with Gasteiger partial charge in [-0.25, -0.2) is 0 Å². The molecular formula is C10H17NO2. The minimum Gasteiger partial charge on any atom is -0.497 e. The summed E-state index contributed by atoms with van der Waals surface area (Å²) >= 11 is 0. The van der Waals surface area contributed by atoms with E-state index in [1.54, 1.807) is 0 Å². The molecule has 0 aromatic carbocycles. The van der Waals surface area contributed by atoms with Crippen LogP contribution < -0.4 is 5.32 Å². The van der Waals surface area contributed by atoms with Gasteiger partial charge in [0.2, 0.25) is 5.91 Å². The van der Waals surface area contributed by atoms with Crippen molar-refractivity contribution >= 4 is 5.91 Å². The molecule has 0 aromatic rings. The van der Waals surface area contributed by atoms with Gasteiger partial charge in [0.25, 0.3) is 0 Å². The molecule has 0 atom stereocenters. The average Bonchev–Trinajstić information content (AvgIpc) is 2.10. The summed E-state index contributed by atoms with van der Waals surface area (Å²) in [5, 5.41) is 2.74. The summed E-state index contributed by atoms with van der Waals surface area (Å²) in [6.07, 6.45) is 2.95. The third kappa shape index (κ3) is 7.12. The van der Waals surface area contributed by atoms with E-state index in [0.29, 0.717) is 18.2 Å². The third-order valence-corrected chi connectivity index (χ3v) is 1.37. The van der Waals surface area contributed by atoms with Crippen molar-refractivity contribution in [2.24, 2.45) is 5.92 Å². The van der Waals surface area contributed by atoms with Gasteiger partial charge in [0.05, 0.1) is 7.11 Å². The van der Waals surface area contributed by atoms with Gasteiger partial charge in [-0.3, -0.25) is 4.79 Å². The van der Waals surface area contributed by atoms with Crippen LogP contribution in [0.2, 0.25) is 0 Å². The first-order valence-electron chi connectivity index (χ1n) is 4.25. The Kier molecular flexibility index (Phi) is 5.68. The SMILES string of the molecule is C=C(/C=C/C(=O)NCC(C)C)OC. The number of amides is 1. The molecule has 0 radical (unpaired) electrons. The lowest BCUT2D eigenvalue weighted by molar-refractivity contribution is -0.116. The molecule has 0 saturated carbocycles. The van der Waals surface area contributed by atoms with E-state index in [-0.39, 0.29) is 5.91 Å². The van der Waals surface area contributed by atoms with Gasteiger partial charge in [-0.15, -0.1) is 0 Å². The van der Waals surface area contributed by atoms with Crippen LogP contribution in [0.25, 0.3) is 0 Å². The lowest BCUT2D eigenvalue weighted by atomic mass is 10.2. The zero-order valence-corrected chi connectivity index (χ0v) is 8.46. The zero-order chi connectivity index (χ0) is 10.3. The second-order valence-electron chi connectivity index (χ2n) is 3.14. The lowest BCUT2D eigenvalue weighted by Gasteiger charge is -2.04. The fourth-order valence-electron chi connectivity index (χ4n) is 0.600. The molecule has 0 spiro atoms. The molecule has 13 heavy (non-hydrogen) atoms. The van der Waals surface area contributed by atoms with E-state index in [0.717, 1.165) is 0 Å². The van der Waals surface area contributed by atoms with E-state index in [1.165, 1.54) is 19.3 Å². The molecule has 0 heterocycles. The first-order valence-corrected chi connectivity index (χ1v) is 4.25. The number of carbonyl (C=O) groups is 1. The predicted molar refractivity (Wildman–Crippen MR) is 53.1 cm³/mol. The maximum absolute atomic E-state index is 11.1. The molecule has 74 valence electrons. The Morgan fingerprint density at radius 2 is 2.15 bits per heavy atom. The van der Waals surface area contributed by atoms with E-state index in [4.69, 9.17) is 4.74 Å². The molecule has 1 amide bonds. The Morgan fingerprint density at radius 1 is 1.54 bits per heavy atom. The van der Waals surface area contributed by atoms with Crippen LogP contribution in [0.15, 0.2) is 24.5 Å². The van der Waals surface area contributed by atoms with E-state index in [2.05, 4.69) is 11.9 Å². The van der Waals surface area contributed by atoms with Crippen LogP contribution in [0.5, 0.6) is 0 Å². The van der Waals surface area contributed by atoms with Crippen LogP contribution in [0, 0.1) is 5.92 Å². The Morgan fingerprint density at radius 3 is 2.62 bits per heavy atom. The van der Waals surface area contributed by atoms with Crippen LogP contribution in [-0.4, -0.2) is 19.6 Å². The smallest absolute Gasteiger partial charge is 0.244 e. The van der Waals surface area contributed by atoms with Gasteiger partial charge in [-0.1, -0.05) is 20.4 Å². The number of rotatable bonds is 5. The zero-order valence-electron chi connectivity index (χ0n) is 8.46. The predicted octanol–water partition coefficient (Wildman–Crippen LogP) is 1.47. The van der Waals surface area contributed by atoms with E-state index in [9.17, 15) is 4.79 Å². The van der Waals surface area contributed by atoms with Crippen LogP contribution >= 0.6 is 0 Å². The van der Waals surface area contributed by atoms with Gasteiger partial charge < -0.3 is 10.1 Å². The van der Waals surface area contributed by atoms with Gasteiger partial charge in [0.1, 0.15) is 5.76 Å². The van der Waals surface area contributed by atoms with E-state index < -0.39 is 0 Å². The number of hydrogen-bond donors (Lipinski definition) is 1. The topological polar surface area (TPSA) is 38.3 Å². The maximum Gasteiger partial charge on any atom is 0.244 e. The fourth-order valence-corrected chi connectivity index (χ4v) is 0.600. The van der Waals surface area contributed by atoms with Crippen molar-refractivity contribution in [3.8, 4) is 0 Å². The van der Waals surface area contributed by atoms with Crippen molar-refractivity contribution in [3.05, 3.63) is 24.5 Å². The summed E-state index contributed by atoms with van der Waals surface area (Å²) in [4.78, 5) is 11.1. The second-order valence-corrected chi connectivity index (χ2v) is 3.14. The fraction of sp³-hybridized carbons (Fsp3) is 0.500. The molecule has 0 aliphatic rings. The molecule has 0 fully saturated rings. The summed E-state index contributed by atoms with van der Waals surface area (Å²) in [6.45, 7) is 8.31. The standard InChI is InChI=1S/C10H17NO2/c1-8(2)7-11-10(12)6-5-9(3)13-4/h5-6,8H,3,7H2,1-2,4H3,(H,11,12)/b6-5+. The molecule has 0 aliphatic carbocycles. The first kappa shape index (κ1) is 11.8. The molecule has 0 bridgehead atoms. The number of ether oxygens (including phenoxy) is 1. The number of methoxy groups -OCH3 is 1. The molecule has 0 aliphatic heterocycles. The number of allylic oxidation sites excluding steroid dienone is 1. The Bertz CT molecular complexity index is 207. The van der Waals surface area contributed by atoms with Gasteiger partial charge in [-0.05, 0) is 12.0 Å². The molecule has 0 aromatic heterocycles. The van der Waals surface area contributed by atoms with E-state index >= 15 is 0 Å². The van der Waals surface area contributed by atoms with E-state index in [1.807, 2.05) is 13.8 Å². The van der Waals surface area contributed by atoms with Gasteiger partial charge in [0, 0.05) is 12.6 Å². The summed E-state index contributed by atoms with van der Waals surface area (Å²) in [6, 6.07) is 0. The minimum absolute atomic E-state index is 0.119. The molecule has 0 unspecified atom stereocenters. The molecule has 0 saturated heterocycles. The normalized spacial score (nSPS) is 10.5. The molecule has 1 N–H and O–H groups in total. The van der Waals surface area contributed by atoms with Gasteiger partial charge in [0.15, 0.2) is 0 Å². The Hall–Kier alpha value is -1.25. The maximum atomic E-state index is 11.1. The van der Waals surface area contributed by atoms with Crippen molar-refractivity contribution in [1.82, 2.24) is 5.32 Å². The van der Waals surface area contributed by atoms with Crippen LogP contribution in [0.3, 0.4) is 0 Å². The van der Waals surface area contributed by atoms with Gasteiger partial charge in [-0.2, -0.15) is 0 Å². The highest BCUT2D eigenvalue weighted by atomic mass is 16.5. The average molecular weight is 183 g/mol. The molecule has 3 heteroatoms. The summed E-state index contributed by atoms with van der Waals surface area (Å²) in [5.41, 5.74) is 0. The van der Waals surface area contributed by atoms with Gasteiger partial charge >= 0.3 is 0 Å². The van der Waals surface area contributed by atoms with Crippen molar-refractivity contribution in [2.45, 2.75) is 13.8 Å². The largest absolute Gasteiger partial charge is 0.497 e. The number of hydrogen-bond acceptors (Lipinski definition) is 2. The summed E-state index contributed by atoms with van der Waals surface area (Å²) < 4.78 is 4.76. The van der Waals surface area contributed by atoms with Crippen molar-refractivity contribution < 1.29 is 9.53 Å². The quantitative estimate of drug-likeness (QED) is 0.398. The number of carbonyl (C=O) groups excluding carboxylic acids is 1. The Labute approximate surface area is 79.5 Å². The van der Waals surface area contributed by atoms with Crippen LogP contribution in [0.4, 0.5) is 0 Å². The minimum atomic E-state index is -0.119. The second kappa shape index (κ2) is 6.29. The Balaban J connectivity index is 3.74. The monoisotopic (exact) mass is 183 g/mol. The summed E-state index contributed by atoms with van der Waals surface area (Å²) in [7, 11) is 1.51. The summed E-state index contributed by atoms with van der Waals surface area (Å²) in [5.74, 6) is 0.814.